The third kappa shape index (κ3) is 3.61. The van der Waals surface area contributed by atoms with E-state index in [-0.39, 0.29) is 23.7 Å². The Morgan fingerprint density at radius 2 is 1.62 bits per heavy atom. The van der Waals surface area contributed by atoms with Crippen molar-refractivity contribution in [3.05, 3.63) is 64.7 Å². The zero-order chi connectivity index (χ0) is 18.1. The first kappa shape index (κ1) is 17.1. The van der Waals surface area contributed by atoms with Gasteiger partial charge in [-0.05, 0) is 67.1 Å². The van der Waals surface area contributed by atoms with Gasteiger partial charge in [-0.25, -0.2) is 0 Å². The van der Waals surface area contributed by atoms with Gasteiger partial charge in [0.25, 0.3) is 5.91 Å². The Labute approximate surface area is 158 Å². The number of hydrogen-bond acceptors (Lipinski definition) is 2. The van der Waals surface area contributed by atoms with Crippen molar-refractivity contribution in [2.75, 3.05) is 18.4 Å². The molecule has 4 rings (SSSR count). The van der Waals surface area contributed by atoms with Gasteiger partial charge in [-0.1, -0.05) is 23.7 Å². The Morgan fingerprint density at radius 1 is 0.962 bits per heavy atom. The second-order valence-corrected chi connectivity index (χ2v) is 7.50. The molecule has 0 aromatic heterocycles. The topological polar surface area (TPSA) is 49.4 Å². The first-order valence-electron chi connectivity index (χ1n) is 9.07. The van der Waals surface area contributed by atoms with Gasteiger partial charge in [-0.2, -0.15) is 0 Å². The Hall–Kier alpha value is -2.33. The van der Waals surface area contributed by atoms with Gasteiger partial charge in [0, 0.05) is 35.3 Å². The van der Waals surface area contributed by atoms with E-state index in [1.165, 1.54) is 0 Å². The van der Waals surface area contributed by atoms with Crippen molar-refractivity contribution in [2.45, 2.75) is 25.2 Å². The Kier molecular flexibility index (Phi) is 4.68. The Morgan fingerprint density at radius 3 is 2.27 bits per heavy atom. The molecule has 0 radical (unpaired) electrons. The van der Waals surface area contributed by atoms with Gasteiger partial charge in [-0.3, -0.25) is 9.59 Å². The standard InChI is InChI=1S/C21H21ClN2O2/c22-16-7-3-14(4-8-16)18-13-19(18)20(25)23-17-9-5-15(6-10-17)21(26)24-11-1-2-12-24/h3-10,18-19H,1-2,11-13H2,(H,23,25)/t18-,19-/m1/s1. The number of anilines is 1. The van der Waals surface area contributed by atoms with E-state index in [0.717, 1.165) is 43.6 Å². The Bertz CT molecular complexity index is 811. The third-order valence-corrected chi connectivity index (χ3v) is 5.47. The SMILES string of the molecule is O=C(Nc1ccc(C(=O)N2CCCC2)cc1)[C@@H]1C[C@@H]1c1ccc(Cl)cc1. The molecule has 0 bridgehead atoms. The number of benzene rings is 2. The fourth-order valence-electron chi connectivity index (χ4n) is 3.60. The number of hydrogen-bond donors (Lipinski definition) is 1. The zero-order valence-corrected chi connectivity index (χ0v) is 15.2. The highest BCUT2D eigenvalue weighted by atomic mass is 35.5. The molecule has 2 amide bonds. The molecule has 2 atom stereocenters. The minimum atomic E-state index is 0.00193. The molecule has 1 saturated heterocycles. The van der Waals surface area contributed by atoms with Gasteiger partial charge in [0.05, 0.1) is 0 Å². The normalized spacial score (nSPS) is 21.5. The minimum absolute atomic E-state index is 0.00193. The highest BCUT2D eigenvalue weighted by Gasteiger charge is 2.43. The molecule has 2 aromatic carbocycles. The van der Waals surface area contributed by atoms with Crippen molar-refractivity contribution in [1.82, 2.24) is 4.90 Å². The maximum atomic E-state index is 12.4. The van der Waals surface area contributed by atoms with Crippen LogP contribution in [0.25, 0.3) is 0 Å². The molecule has 1 N–H and O–H groups in total. The van der Waals surface area contributed by atoms with Crippen LogP contribution < -0.4 is 5.32 Å². The van der Waals surface area contributed by atoms with E-state index >= 15 is 0 Å². The first-order chi connectivity index (χ1) is 12.6. The molecule has 5 heteroatoms. The molecule has 2 aromatic rings. The molecular formula is C21H21ClN2O2. The summed E-state index contributed by atoms with van der Waals surface area (Å²) in [6.07, 6.45) is 3.02. The summed E-state index contributed by atoms with van der Waals surface area (Å²) in [6, 6.07) is 14.9. The number of halogens is 1. The van der Waals surface area contributed by atoms with Crippen LogP contribution in [0.15, 0.2) is 48.5 Å². The number of nitrogens with zero attached hydrogens (tertiary/aromatic N) is 1. The van der Waals surface area contributed by atoms with Crippen LogP contribution in [0.5, 0.6) is 0 Å². The molecule has 2 fully saturated rings. The van der Waals surface area contributed by atoms with Gasteiger partial charge in [0.15, 0.2) is 0 Å². The summed E-state index contributed by atoms with van der Waals surface area (Å²) in [6.45, 7) is 1.68. The van der Waals surface area contributed by atoms with Crippen LogP contribution in [-0.2, 0) is 4.79 Å². The Balaban J connectivity index is 1.35. The molecule has 1 heterocycles. The lowest BCUT2D eigenvalue weighted by Crippen LogP contribution is -2.27. The van der Waals surface area contributed by atoms with Crippen molar-refractivity contribution < 1.29 is 9.59 Å². The molecule has 1 aliphatic carbocycles. The van der Waals surface area contributed by atoms with Gasteiger partial charge in [0.2, 0.25) is 5.91 Å². The molecular weight excluding hydrogens is 348 g/mol. The molecule has 1 saturated carbocycles. The fraction of sp³-hybridized carbons (Fsp3) is 0.333. The van der Waals surface area contributed by atoms with E-state index in [9.17, 15) is 9.59 Å². The van der Waals surface area contributed by atoms with E-state index in [0.29, 0.717) is 10.6 Å². The van der Waals surface area contributed by atoms with Crippen LogP contribution in [-0.4, -0.2) is 29.8 Å². The number of carbonyl (C=O) groups excluding carboxylic acids is 2. The van der Waals surface area contributed by atoms with Crippen LogP contribution in [0.4, 0.5) is 5.69 Å². The maximum absolute atomic E-state index is 12.4. The van der Waals surface area contributed by atoms with Crippen molar-refractivity contribution in [3.8, 4) is 0 Å². The smallest absolute Gasteiger partial charge is 0.253 e. The summed E-state index contributed by atoms with van der Waals surface area (Å²) in [7, 11) is 0. The second kappa shape index (κ2) is 7.12. The molecule has 0 spiro atoms. The number of carbonyl (C=O) groups is 2. The van der Waals surface area contributed by atoms with E-state index in [2.05, 4.69) is 5.32 Å². The van der Waals surface area contributed by atoms with Crippen LogP contribution >= 0.6 is 11.6 Å². The zero-order valence-electron chi connectivity index (χ0n) is 14.5. The average molecular weight is 369 g/mol. The lowest BCUT2D eigenvalue weighted by molar-refractivity contribution is -0.117. The summed E-state index contributed by atoms with van der Waals surface area (Å²) in [4.78, 5) is 26.7. The monoisotopic (exact) mass is 368 g/mol. The van der Waals surface area contributed by atoms with E-state index in [1.807, 2.05) is 29.2 Å². The van der Waals surface area contributed by atoms with Crippen LogP contribution in [0, 0.1) is 5.92 Å². The van der Waals surface area contributed by atoms with Gasteiger partial charge < -0.3 is 10.2 Å². The number of nitrogens with one attached hydrogen (secondary N) is 1. The molecule has 0 unspecified atom stereocenters. The average Bonchev–Trinajstić information content (AvgIpc) is 3.27. The van der Waals surface area contributed by atoms with E-state index in [4.69, 9.17) is 11.6 Å². The van der Waals surface area contributed by atoms with E-state index in [1.54, 1.807) is 24.3 Å². The molecule has 2 aliphatic rings. The summed E-state index contributed by atoms with van der Waals surface area (Å²) in [5.41, 5.74) is 2.56. The number of rotatable bonds is 4. The summed E-state index contributed by atoms with van der Waals surface area (Å²) < 4.78 is 0. The van der Waals surface area contributed by atoms with Gasteiger partial charge in [-0.15, -0.1) is 0 Å². The fourth-order valence-corrected chi connectivity index (χ4v) is 3.72. The summed E-state index contributed by atoms with van der Waals surface area (Å²) in [5.74, 6) is 0.374. The third-order valence-electron chi connectivity index (χ3n) is 5.22. The first-order valence-corrected chi connectivity index (χ1v) is 9.45. The molecule has 26 heavy (non-hydrogen) atoms. The number of amides is 2. The van der Waals surface area contributed by atoms with E-state index < -0.39 is 0 Å². The minimum Gasteiger partial charge on any atom is -0.339 e. The molecule has 1 aliphatic heterocycles. The molecule has 4 nitrogen and oxygen atoms in total. The lowest BCUT2D eigenvalue weighted by Gasteiger charge is -2.15. The lowest BCUT2D eigenvalue weighted by atomic mass is 10.1. The van der Waals surface area contributed by atoms with Crippen LogP contribution in [0.2, 0.25) is 5.02 Å². The van der Waals surface area contributed by atoms with Crippen molar-refractivity contribution in [1.29, 1.82) is 0 Å². The second-order valence-electron chi connectivity index (χ2n) is 7.07. The predicted molar refractivity (Wildman–Crippen MR) is 103 cm³/mol. The van der Waals surface area contributed by atoms with Crippen molar-refractivity contribution in [2.24, 2.45) is 5.92 Å². The highest BCUT2D eigenvalue weighted by molar-refractivity contribution is 6.30. The highest BCUT2D eigenvalue weighted by Crippen LogP contribution is 2.48. The predicted octanol–water partition coefficient (Wildman–Crippen LogP) is 4.32. The van der Waals surface area contributed by atoms with Crippen LogP contribution in [0.1, 0.15) is 41.1 Å². The molecule has 134 valence electrons. The summed E-state index contributed by atoms with van der Waals surface area (Å²) in [5, 5.41) is 3.67. The van der Waals surface area contributed by atoms with Gasteiger partial charge >= 0.3 is 0 Å². The maximum Gasteiger partial charge on any atom is 0.253 e. The van der Waals surface area contributed by atoms with Crippen LogP contribution in [0.3, 0.4) is 0 Å². The van der Waals surface area contributed by atoms with Gasteiger partial charge in [0.1, 0.15) is 0 Å². The van der Waals surface area contributed by atoms with Crippen molar-refractivity contribution in [3.63, 3.8) is 0 Å². The largest absolute Gasteiger partial charge is 0.339 e. The van der Waals surface area contributed by atoms with Crippen molar-refractivity contribution >= 4 is 29.1 Å². The number of likely N-dealkylation sites (tertiary alicyclic amines) is 1. The summed E-state index contributed by atoms with van der Waals surface area (Å²) >= 11 is 5.91. The quantitative estimate of drug-likeness (QED) is 0.873.